The normalized spacial score (nSPS) is 13.0. The maximum Gasteiger partial charge on any atom is 0.188 e. The standard InChI is InChI=1S/C2H2Cl3FN2/c3-1(7)2(4)8(5)6/h7H2/b2-1+. The summed E-state index contributed by atoms with van der Waals surface area (Å²) in [4.78, 5) is 0. The highest BCUT2D eigenvalue weighted by Gasteiger charge is 2.03. The lowest BCUT2D eigenvalue weighted by Crippen LogP contribution is -2.00. The molecule has 48 valence electrons. The van der Waals surface area contributed by atoms with Crippen LogP contribution in [0.3, 0.4) is 0 Å². The van der Waals surface area contributed by atoms with Gasteiger partial charge in [-0.3, -0.25) is 0 Å². The Labute approximate surface area is 60.6 Å². The van der Waals surface area contributed by atoms with Crippen LogP contribution in [0.1, 0.15) is 0 Å². The summed E-state index contributed by atoms with van der Waals surface area (Å²) in [5, 5.41) is -0.919. The molecule has 0 amide bonds. The average Bonchev–Trinajstić information content (AvgIpc) is 1.64. The topological polar surface area (TPSA) is 29.3 Å². The molecule has 2 N–H and O–H groups in total. The maximum atomic E-state index is 11.6. The Morgan fingerprint density at radius 1 is 1.50 bits per heavy atom. The lowest BCUT2D eigenvalue weighted by Gasteiger charge is -1.99. The first kappa shape index (κ1) is 8.14. The molecule has 2 nitrogen and oxygen atoms in total. The third kappa shape index (κ3) is 2.45. The van der Waals surface area contributed by atoms with Crippen molar-refractivity contribution in [1.82, 2.24) is 4.64 Å². The molecule has 0 atom stereocenters. The van der Waals surface area contributed by atoms with Crippen LogP contribution in [0.5, 0.6) is 0 Å². The molecule has 0 saturated heterocycles. The van der Waals surface area contributed by atoms with E-state index in [2.05, 4.69) is 11.8 Å². The highest BCUT2D eigenvalue weighted by molar-refractivity contribution is 6.40. The third-order valence-electron chi connectivity index (χ3n) is 0.345. The second-order valence-electron chi connectivity index (χ2n) is 0.872. The summed E-state index contributed by atoms with van der Waals surface area (Å²) in [7, 11) is 0. The van der Waals surface area contributed by atoms with Crippen molar-refractivity contribution in [2.24, 2.45) is 5.73 Å². The first-order valence-corrected chi connectivity index (χ1v) is 2.57. The Balaban J connectivity index is 4.00. The summed E-state index contributed by atoms with van der Waals surface area (Å²) in [6.07, 6.45) is 0. The number of rotatable bonds is 1. The SMILES string of the molecule is N/C(Cl)=C(\Cl)N(F)Cl. The van der Waals surface area contributed by atoms with Gasteiger partial charge >= 0.3 is 0 Å². The zero-order valence-corrected chi connectivity index (χ0v) is 5.80. The zero-order chi connectivity index (χ0) is 6.73. The summed E-state index contributed by atoms with van der Waals surface area (Å²) in [5.74, 6) is 0. The molecule has 0 aromatic heterocycles. The summed E-state index contributed by atoms with van der Waals surface area (Å²) < 4.78 is 11.2. The molecule has 8 heavy (non-hydrogen) atoms. The lowest BCUT2D eigenvalue weighted by molar-refractivity contribution is 0.210. The van der Waals surface area contributed by atoms with Gasteiger partial charge in [0, 0.05) is 11.8 Å². The van der Waals surface area contributed by atoms with Crippen LogP contribution in [0.2, 0.25) is 0 Å². The minimum Gasteiger partial charge on any atom is -0.387 e. The predicted molar refractivity (Wildman–Crippen MR) is 31.7 cm³/mol. The van der Waals surface area contributed by atoms with E-state index in [1.54, 1.807) is 0 Å². The fraction of sp³-hybridized carbons (Fsp3) is 0. The first-order chi connectivity index (χ1) is 3.55. The molecule has 0 aliphatic carbocycles. The number of halogens is 4. The van der Waals surface area contributed by atoms with Crippen LogP contribution in [0.15, 0.2) is 10.3 Å². The molecule has 0 aliphatic heterocycles. The van der Waals surface area contributed by atoms with E-state index < -0.39 is 9.80 Å². The molecule has 0 aliphatic rings. The molecule has 0 radical (unpaired) electrons. The van der Waals surface area contributed by atoms with Gasteiger partial charge in [-0.1, -0.05) is 27.7 Å². The Hall–Kier alpha value is 0.140. The van der Waals surface area contributed by atoms with E-state index in [4.69, 9.17) is 28.9 Å². The van der Waals surface area contributed by atoms with Crippen molar-refractivity contribution in [2.45, 2.75) is 0 Å². The van der Waals surface area contributed by atoms with Crippen LogP contribution >= 0.6 is 35.0 Å². The van der Waals surface area contributed by atoms with Crippen LogP contribution < -0.4 is 5.73 Å². The Morgan fingerprint density at radius 3 is 1.88 bits per heavy atom. The molecular weight excluding hydrogens is 177 g/mol. The lowest BCUT2D eigenvalue weighted by atomic mass is 10.9. The molecule has 0 aromatic carbocycles. The smallest absolute Gasteiger partial charge is 0.188 e. The van der Waals surface area contributed by atoms with Gasteiger partial charge in [0.25, 0.3) is 0 Å². The fourth-order valence-corrected chi connectivity index (χ4v) is 0.289. The second-order valence-corrected chi connectivity index (χ2v) is 1.93. The number of nitrogens with zero attached hydrogens (tertiary/aromatic N) is 1. The van der Waals surface area contributed by atoms with Gasteiger partial charge in [0.1, 0.15) is 5.16 Å². The van der Waals surface area contributed by atoms with Gasteiger partial charge in [0.05, 0.1) is 0 Å². The average molecular weight is 179 g/mol. The van der Waals surface area contributed by atoms with Gasteiger partial charge in [-0.05, 0) is 0 Å². The van der Waals surface area contributed by atoms with Crippen LogP contribution in [0, 0.1) is 0 Å². The van der Waals surface area contributed by atoms with Crippen LogP contribution in [0.25, 0.3) is 0 Å². The summed E-state index contributed by atoms with van der Waals surface area (Å²) in [5.41, 5.74) is 4.78. The van der Waals surface area contributed by atoms with Gasteiger partial charge in [0.15, 0.2) is 5.16 Å². The maximum absolute atomic E-state index is 11.6. The summed E-state index contributed by atoms with van der Waals surface area (Å²) >= 11 is 14.6. The van der Waals surface area contributed by atoms with Crippen molar-refractivity contribution >= 4 is 35.0 Å². The molecule has 0 bridgehead atoms. The van der Waals surface area contributed by atoms with Crippen LogP contribution in [-0.4, -0.2) is 4.64 Å². The van der Waals surface area contributed by atoms with Crippen molar-refractivity contribution in [1.29, 1.82) is 0 Å². The predicted octanol–water partition coefficient (Wildman–Crippen LogP) is 1.89. The number of hydrogen-bond donors (Lipinski definition) is 1. The quantitative estimate of drug-likeness (QED) is 0.492. The summed E-state index contributed by atoms with van der Waals surface area (Å²) in [6.45, 7) is 0. The van der Waals surface area contributed by atoms with Crippen molar-refractivity contribution in [3.05, 3.63) is 10.3 Å². The van der Waals surface area contributed by atoms with Gasteiger partial charge in [-0.15, -0.1) is 4.64 Å². The first-order valence-electron chi connectivity index (χ1n) is 1.48. The number of nitrogens with two attached hydrogens (primary N) is 1. The van der Waals surface area contributed by atoms with Crippen molar-refractivity contribution in [3.63, 3.8) is 0 Å². The third-order valence-corrected chi connectivity index (χ3v) is 1.23. The minimum absolute atomic E-state index is 0.385. The van der Waals surface area contributed by atoms with Gasteiger partial charge < -0.3 is 5.73 Å². The van der Waals surface area contributed by atoms with Crippen molar-refractivity contribution < 1.29 is 4.48 Å². The minimum atomic E-state index is -0.534. The van der Waals surface area contributed by atoms with E-state index in [1.165, 1.54) is 0 Å². The van der Waals surface area contributed by atoms with Crippen molar-refractivity contribution in [2.75, 3.05) is 0 Å². The molecule has 0 aromatic rings. The van der Waals surface area contributed by atoms with E-state index in [0.717, 1.165) is 0 Å². The molecule has 0 fully saturated rings. The van der Waals surface area contributed by atoms with Crippen molar-refractivity contribution in [3.8, 4) is 0 Å². The molecule has 0 saturated carbocycles. The van der Waals surface area contributed by atoms with E-state index in [9.17, 15) is 4.48 Å². The van der Waals surface area contributed by atoms with E-state index in [-0.39, 0.29) is 5.16 Å². The van der Waals surface area contributed by atoms with Gasteiger partial charge in [0.2, 0.25) is 0 Å². The number of hydrogen-bond acceptors (Lipinski definition) is 2. The van der Waals surface area contributed by atoms with Gasteiger partial charge in [-0.2, -0.15) is 0 Å². The molecular formula is C2H2Cl3FN2. The Kier molecular flexibility index (Phi) is 3.28. The molecule has 0 rings (SSSR count). The van der Waals surface area contributed by atoms with Gasteiger partial charge in [-0.25, -0.2) is 0 Å². The highest BCUT2D eigenvalue weighted by atomic mass is 35.5. The molecule has 0 heterocycles. The largest absolute Gasteiger partial charge is 0.387 e. The van der Waals surface area contributed by atoms with E-state index in [1.807, 2.05) is 0 Å². The summed E-state index contributed by atoms with van der Waals surface area (Å²) in [6, 6.07) is 0. The monoisotopic (exact) mass is 178 g/mol. The van der Waals surface area contributed by atoms with Crippen LogP contribution in [0.4, 0.5) is 4.48 Å². The second kappa shape index (κ2) is 3.22. The molecule has 0 unspecified atom stereocenters. The Morgan fingerprint density at radius 2 is 1.88 bits per heavy atom. The van der Waals surface area contributed by atoms with E-state index in [0.29, 0.717) is 0 Å². The highest BCUT2D eigenvalue weighted by Crippen LogP contribution is 2.16. The Bertz CT molecular complexity index is 108. The van der Waals surface area contributed by atoms with E-state index >= 15 is 0 Å². The molecule has 0 spiro atoms. The van der Waals surface area contributed by atoms with Crippen LogP contribution in [-0.2, 0) is 0 Å². The fourth-order valence-electron chi connectivity index (χ4n) is 0.0807. The molecule has 6 heteroatoms. The zero-order valence-electron chi connectivity index (χ0n) is 3.54.